The molecule has 2 aromatic rings. The van der Waals surface area contributed by atoms with Gasteiger partial charge in [-0.05, 0) is 35.5 Å². The van der Waals surface area contributed by atoms with E-state index in [4.69, 9.17) is 11.6 Å². The molecule has 0 aliphatic carbocycles. The first-order chi connectivity index (χ1) is 6.84. The Kier molecular flexibility index (Phi) is 2.90. The van der Waals surface area contributed by atoms with Crippen LogP contribution in [0.3, 0.4) is 0 Å². The average molecular weight is 225 g/mol. The summed E-state index contributed by atoms with van der Waals surface area (Å²) in [5.74, 6) is 0. The first-order valence-electron chi connectivity index (χ1n) is 3.77. The fourth-order valence-electron chi connectivity index (χ4n) is 0.823. The molecule has 0 unspecified atom stereocenters. The monoisotopic (exact) mass is 224 g/mol. The van der Waals surface area contributed by atoms with Crippen LogP contribution in [0.4, 0.5) is 0 Å². The quantitative estimate of drug-likeness (QED) is 0.578. The second kappa shape index (κ2) is 4.34. The largest absolute Gasteiger partial charge is 0.245 e. The van der Waals surface area contributed by atoms with E-state index >= 15 is 0 Å². The lowest BCUT2D eigenvalue weighted by Gasteiger charge is -1.98. The van der Waals surface area contributed by atoms with Crippen molar-refractivity contribution in [1.82, 2.24) is 19.9 Å². The molecule has 0 spiro atoms. The van der Waals surface area contributed by atoms with E-state index in [1.807, 2.05) is 0 Å². The van der Waals surface area contributed by atoms with Gasteiger partial charge in [0.05, 0.1) is 0 Å². The zero-order valence-corrected chi connectivity index (χ0v) is 8.53. The van der Waals surface area contributed by atoms with E-state index in [0.29, 0.717) is 0 Å². The highest BCUT2D eigenvalue weighted by atomic mass is 35.5. The molecule has 2 aromatic heterocycles. The summed E-state index contributed by atoms with van der Waals surface area (Å²) in [5.41, 5.74) is 0. The van der Waals surface area contributed by atoms with Gasteiger partial charge in [0, 0.05) is 12.4 Å². The van der Waals surface area contributed by atoms with Gasteiger partial charge in [0.1, 0.15) is 16.4 Å². The van der Waals surface area contributed by atoms with E-state index in [-0.39, 0.29) is 5.28 Å². The van der Waals surface area contributed by atoms with Gasteiger partial charge in [0.25, 0.3) is 0 Å². The number of aromatic nitrogens is 4. The minimum absolute atomic E-state index is 0.240. The molecule has 0 atom stereocenters. The molecule has 0 bridgehead atoms. The van der Waals surface area contributed by atoms with E-state index in [2.05, 4.69) is 19.9 Å². The standard InChI is InChI=1S/C8H5ClN4S/c9-8-11-4-2-7(13-8)14-6-1-3-10-5-12-6/h1-5H. The Morgan fingerprint density at radius 3 is 2.64 bits per heavy atom. The summed E-state index contributed by atoms with van der Waals surface area (Å²) in [5, 5.41) is 1.84. The number of hydrogen-bond acceptors (Lipinski definition) is 5. The van der Waals surface area contributed by atoms with E-state index in [1.165, 1.54) is 18.1 Å². The highest BCUT2D eigenvalue weighted by Crippen LogP contribution is 2.23. The highest BCUT2D eigenvalue weighted by molar-refractivity contribution is 7.99. The molecule has 0 amide bonds. The van der Waals surface area contributed by atoms with Crippen LogP contribution in [0, 0.1) is 0 Å². The van der Waals surface area contributed by atoms with E-state index in [9.17, 15) is 0 Å². The smallest absolute Gasteiger partial charge is 0.223 e. The summed E-state index contributed by atoms with van der Waals surface area (Å²) in [7, 11) is 0. The number of hydrogen-bond donors (Lipinski definition) is 0. The molecule has 0 aliphatic heterocycles. The van der Waals surface area contributed by atoms with Crippen LogP contribution in [0.15, 0.2) is 40.9 Å². The summed E-state index contributed by atoms with van der Waals surface area (Å²) in [6.07, 6.45) is 4.78. The average Bonchev–Trinajstić information content (AvgIpc) is 2.19. The Morgan fingerprint density at radius 1 is 1.07 bits per heavy atom. The summed E-state index contributed by atoms with van der Waals surface area (Å²) < 4.78 is 0. The Labute approximate surface area is 89.8 Å². The Morgan fingerprint density at radius 2 is 1.93 bits per heavy atom. The lowest BCUT2D eigenvalue weighted by molar-refractivity contribution is 1.02. The second-order valence-corrected chi connectivity index (χ2v) is 3.69. The molecule has 4 nitrogen and oxygen atoms in total. The van der Waals surface area contributed by atoms with Gasteiger partial charge < -0.3 is 0 Å². The molecule has 0 saturated carbocycles. The van der Waals surface area contributed by atoms with E-state index in [0.717, 1.165) is 10.1 Å². The third kappa shape index (κ3) is 2.40. The first kappa shape index (κ1) is 9.36. The SMILES string of the molecule is Clc1nccc(Sc2ccncn2)n1. The van der Waals surface area contributed by atoms with Gasteiger partial charge in [-0.25, -0.2) is 19.9 Å². The molecule has 0 saturated heterocycles. The number of halogens is 1. The van der Waals surface area contributed by atoms with Crippen LogP contribution in [0.5, 0.6) is 0 Å². The summed E-state index contributed by atoms with van der Waals surface area (Å²) in [6, 6.07) is 3.58. The maximum absolute atomic E-state index is 5.64. The van der Waals surface area contributed by atoms with Crippen molar-refractivity contribution < 1.29 is 0 Å². The third-order valence-corrected chi connectivity index (χ3v) is 2.43. The van der Waals surface area contributed by atoms with Crippen molar-refractivity contribution in [1.29, 1.82) is 0 Å². The molecule has 0 radical (unpaired) electrons. The van der Waals surface area contributed by atoms with E-state index in [1.54, 1.807) is 24.5 Å². The van der Waals surface area contributed by atoms with Crippen molar-refractivity contribution in [3.05, 3.63) is 36.1 Å². The molecule has 70 valence electrons. The molecular weight excluding hydrogens is 220 g/mol. The first-order valence-corrected chi connectivity index (χ1v) is 4.96. The number of rotatable bonds is 2. The zero-order valence-electron chi connectivity index (χ0n) is 6.96. The van der Waals surface area contributed by atoms with Crippen LogP contribution in [0.2, 0.25) is 5.28 Å². The Hall–Kier alpha value is -1.20. The van der Waals surface area contributed by atoms with Gasteiger partial charge in [0.15, 0.2) is 0 Å². The second-order valence-electron chi connectivity index (χ2n) is 2.31. The normalized spacial score (nSPS) is 10.1. The topological polar surface area (TPSA) is 51.6 Å². The molecule has 6 heteroatoms. The van der Waals surface area contributed by atoms with Crippen LogP contribution in [0.25, 0.3) is 0 Å². The van der Waals surface area contributed by atoms with Gasteiger partial charge in [-0.1, -0.05) is 0 Å². The summed E-state index contributed by atoms with van der Waals surface area (Å²) in [6.45, 7) is 0. The lowest BCUT2D eigenvalue weighted by atomic mass is 10.7. The molecule has 0 fully saturated rings. The molecule has 0 aliphatic rings. The van der Waals surface area contributed by atoms with Gasteiger partial charge in [-0.3, -0.25) is 0 Å². The van der Waals surface area contributed by atoms with Crippen LogP contribution in [-0.4, -0.2) is 19.9 Å². The molecule has 14 heavy (non-hydrogen) atoms. The van der Waals surface area contributed by atoms with Gasteiger partial charge in [-0.2, -0.15) is 0 Å². The van der Waals surface area contributed by atoms with Crippen molar-refractivity contribution >= 4 is 23.4 Å². The minimum Gasteiger partial charge on any atom is -0.245 e. The van der Waals surface area contributed by atoms with Gasteiger partial charge >= 0.3 is 0 Å². The van der Waals surface area contributed by atoms with Crippen LogP contribution in [-0.2, 0) is 0 Å². The lowest BCUT2D eigenvalue weighted by Crippen LogP contribution is -1.85. The van der Waals surface area contributed by atoms with Crippen molar-refractivity contribution in [3.8, 4) is 0 Å². The number of nitrogens with zero attached hydrogens (tertiary/aromatic N) is 4. The third-order valence-electron chi connectivity index (χ3n) is 1.36. The summed E-state index contributed by atoms with van der Waals surface area (Å²) in [4.78, 5) is 15.7. The maximum Gasteiger partial charge on any atom is 0.223 e. The molecule has 2 heterocycles. The molecular formula is C8H5ClN4S. The van der Waals surface area contributed by atoms with E-state index < -0.39 is 0 Å². The van der Waals surface area contributed by atoms with Gasteiger partial charge in [0.2, 0.25) is 5.28 Å². The fraction of sp³-hybridized carbons (Fsp3) is 0. The predicted molar refractivity (Wildman–Crippen MR) is 53.2 cm³/mol. The molecule has 2 rings (SSSR count). The maximum atomic E-state index is 5.64. The fourth-order valence-corrected chi connectivity index (χ4v) is 1.72. The predicted octanol–water partition coefficient (Wildman–Crippen LogP) is 2.07. The van der Waals surface area contributed by atoms with Crippen molar-refractivity contribution in [2.45, 2.75) is 10.1 Å². The molecule has 0 aromatic carbocycles. The minimum atomic E-state index is 0.240. The zero-order chi connectivity index (χ0) is 9.80. The Bertz CT molecular complexity index is 423. The Balaban J connectivity index is 2.19. The van der Waals surface area contributed by atoms with Crippen LogP contribution < -0.4 is 0 Å². The van der Waals surface area contributed by atoms with Gasteiger partial charge in [-0.15, -0.1) is 0 Å². The van der Waals surface area contributed by atoms with Crippen molar-refractivity contribution in [3.63, 3.8) is 0 Å². The molecule has 0 N–H and O–H groups in total. The van der Waals surface area contributed by atoms with Crippen molar-refractivity contribution in [2.75, 3.05) is 0 Å². The van der Waals surface area contributed by atoms with Crippen LogP contribution >= 0.6 is 23.4 Å². The van der Waals surface area contributed by atoms with Crippen molar-refractivity contribution in [2.24, 2.45) is 0 Å². The van der Waals surface area contributed by atoms with Crippen LogP contribution in [0.1, 0.15) is 0 Å². The summed E-state index contributed by atoms with van der Waals surface area (Å²) >= 11 is 7.06. The highest BCUT2D eigenvalue weighted by Gasteiger charge is 2.00.